The Bertz CT molecular complexity index is 846. The second-order valence-electron chi connectivity index (χ2n) is 9.13. The average Bonchev–Trinajstić information content (AvgIpc) is 2.78. The van der Waals surface area contributed by atoms with Gasteiger partial charge in [0.1, 0.15) is 23.2 Å². The van der Waals surface area contributed by atoms with E-state index in [0.29, 0.717) is 19.7 Å². The summed E-state index contributed by atoms with van der Waals surface area (Å²) in [4.78, 5) is 14.1. The van der Waals surface area contributed by atoms with E-state index in [0.717, 1.165) is 29.7 Å². The van der Waals surface area contributed by atoms with E-state index in [1.54, 1.807) is 4.90 Å². The van der Waals surface area contributed by atoms with Gasteiger partial charge in [0.2, 0.25) is 0 Å². The van der Waals surface area contributed by atoms with Crippen LogP contribution in [0.1, 0.15) is 57.7 Å². The predicted molar refractivity (Wildman–Crippen MR) is 128 cm³/mol. The molecule has 0 bridgehead atoms. The maximum Gasteiger partial charge on any atom is 0.410 e. The third-order valence-electron chi connectivity index (χ3n) is 5.43. The molecule has 174 valence electrons. The highest BCUT2D eigenvalue weighted by molar-refractivity contribution is 7.90. The van der Waals surface area contributed by atoms with Crippen molar-refractivity contribution in [2.24, 2.45) is 0 Å². The molecule has 0 radical (unpaired) electrons. The van der Waals surface area contributed by atoms with Crippen LogP contribution in [0.4, 0.5) is 4.79 Å². The lowest BCUT2D eigenvalue weighted by atomic mass is 10.1. The van der Waals surface area contributed by atoms with Gasteiger partial charge in [0.05, 0.1) is 6.04 Å². The quantitative estimate of drug-likeness (QED) is 0.593. The van der Waals surface area contributed by atoms with Crippen LogP contribution in [-0.2, 0) is 22.7 Å². The number of ether oxygens (including phenoxy) is 2. The molecule has 6 nitrogen and oxygen atoms in total. The number of piperidine rings is 1. The summed E-state index contributed by atoms with van der Waals surface area (Å²) in [6, 6.07) is 17.6. The van der Waals surface area contributed by atoms with Crippen LogP contribution >= 0.6 is 0 Å². The average molecular weight is 459 g/mol. The van der Waals surface area contributed by atoms with Crippen molar-refractivity contribution in [1.29, 1.82) is 0 Å². The highest BCUT2D eigenvalue weighted by atomic mass is 32.2. The maximum absolute atomic E-state index is 12.3. The Morgan fingerprint density at radius 3 is 2.34 bits per heavy atom. The fraction of sp³-hybridized carbons (Fsp3) is 0.480. The molecule has 2 aromatic carbocycles. The van der Waals surface area contributed by atoms with E-state index in [2.05, 4.69) is 4.72 Å². The van der Waals surface area contributed by atoms with Crippen molar-refractivity contribution in [3.05, 3.63) is 65.7 Å². The topological polar surface area (TPSA) is 73.9 Å². The smallest absolute Gasteiger partial charge is 0.410 e. The zero-order valence-electron chi connectivity index (χ0n) is 19.4. The Morgan fingerprint density at radius 1 is 1.12 bits per heavy atom. The first kappa shape index (κ1) is 24.4. The summed E-state index contributed by atoms with van der Waals surface area (Å²) in [6.45, 7) is 9.40. The minimum atomic E-state index is -1.12. The van der Waals surface area contributed by atoms with Crippen LogP contribution in [0.25, 0.3) is 0 Å². The zero-order valence-corrected chi connectivity index (χ0v) is 20.2. The molecule has 0 spiro atoms. The van der Waals surface area contributed by atoms with E-state index < -0.39 is 11.4 Å². The molecule has 2 atom stereocenters. The lowest BCUT2D eigenvalue weighted by molar-refractivity contribution is 0.0638. The lowest BCUT2D eigenvalue weighted by Crippen LogP contribution is -2.42. The van der Waals surface area contributed by atoms with E-state index in [4.69, 9.17) is 9.47 Å². The molecular weight excluding hydrogens is 424 g/mol. The van der Waals surface area contributed by atoms with Gasteiger partial charge in [-0.25, -0.2) is 4.79 Å². The minimum Gasteiger partial charge on any atom is -0.598 e. The molecule has 1 aliphatic rings. The summed E-state index contributed by atoms with van der Waals surface area (Å²) in [5.41, 5.74) is 2.04. The van der Waals surface area contributed by atoms with E-state index in [1.165, 1.54) is 0 Å². The molecule has 1 unspecified atom stereocenters. The first-order valence-electron chi connectivity index (χ1n) is 11.1. The van der Waals surface area contributed by atoms with Crippen molar-refractivity contribution in [3.63, 3.8) is 0 Å². The van der Waals surface area contributed by atoms with Crippen molar-refractivity contribution in [2.45, 2.75) is 64.0 Å². The second kappa shape index (κ2) is 11.1. The Hall–Kier alpha value is -2.22. The largest absolute Gasteiger partial charge is 0.598 e. The van der Waals surface area contributed by atoms with Crippen LogP contribution in [-0.4, -0.2) is 39.5 Å². The zero-order chi connectivity index (χ0) is 23.1. The maximum atomic E-state index is 12.3. The van der Waals surface area contributed by atoms with Gasteiger partial charge in [-0.2, -0.15) is 0 Å². The molecule has 0 aliphatic carbocycles. The minimum absolute atomic E-state index is 0.0192. The van der Waals surface area contributed by atoms with Crippen LogP contribution in [0.15, 0.2) is 54.6 Å². The van der Waals surface area contributed by atoms with Crippen molar-refractivity contribution < 1.29 is 18.8 Å². The monoisotopic (exact) mass is 458 g/mol. The molecule has 0 aromatic heterocycles. The molecule has 1 N–H and O–H groups in total. The van der Waals surface area contributed by atoms with Crippen molar-refractivity contribution in [1.82, 2.24) is 9.62 Å². The van der Waals surface area contributed by atoms with Gasteiger partial charge in [0.15, 0.2) is 0 Å². The number of rotatable bonds is 7. The molecular formula is C25H34N2O4S. The Balaban J connectivity index is 1.42. The SMILES string of the molecule is C[C@H](N[S+]([O-])C(C)(C)C)c1ccc(OC2CCN(C(=O)OCc3ccccc3)CC2)cc1. The van der Waals surface area contributed by atoms with Crippen molar-refractivity contribution >= 4 is 17.5 Å². The van der Waals surface area contributed by atoms with Crippen LogP contribution in [0.2, 0.25) is 0 Å². The third-order valence-corrected chi connectivity index (χ3v) is 7.11. The fourth-order valence-corrected chi connectivity index (χ4v) is 4.21. The fourth-order valence-electron chi connectivity index (χ4n) is 3.40. The Labute approximate surface area is 194 Å². The van der Waals surface area contributed by atoms with Gasteiger partial charge in [-0.1, -0.05) is 42.5 Å². The van der Waals surface area contributed by atoms with Crippen LogP contribution in [0.3, 0.4) is 0 Å². The van der Waals surface area contributed by atoms with E-state index in [1.807, 2.05) is 82.3 Å². The number of nitrogens with zero attached hydrogens (tertiary/aromatic N) is 1. The molecule has 32 heavy (non-hydrogen) atoms. The first-order chi connectivity index (χ1) is 15.2. The summed E-state index contributed by atoms with van der Waals surface area (Å²) in [6.07, 6.45) is 1.34. The van der Waals surface area contributed by atoms with Gasteiger partial charge in [0, 0.05) is 37.3 Å². The van der Waals surface area contributed by atoms with Gasteiger partial charge in [0.25, 0.3) is 0 Å². The molecule has 0 saturated carbocycles. The van der Waals surface area contributed by atoms with Crippen LogP contribution in [0.5, 0.6) is 5.75 Å². The molecule has 1 amide bonds. The molecule has 3 rings (SSSR count). The van der Waals surface area contributed by atoms with Gasteiger partial charge in [-0.15, -0.1) is 4.72 Å². The summed E-state index contributed by atoms with van der Waals surface area (Å²) < 4.78 is 26.7. The lowest BCUT2D eigenvalue weighted by Gasteiger charge is -2.31. The van der Waals surface area contributed by atoms with Gasteiger partial charge >= 0.3 is 6.09 Å². The Kier molecular flexibility index (Phi) is 8.45. The molecule has 1 aliphatic heterocycles. The van der Waals surface area contributed by atoms with Crippen LogP contribution in [0, 0.1) is 0 Å². The number of carbonyl (C=O) groups excluding carboxylic acids is 1. The van der Waals surface area contributed by atoms with E-state index in [9.17, 15) is 9.35 Å². The number of amides is 1. The third kappa shape index (κ3) is 7.15. The summed E-state index contributed by atoms with van der Waals surface area (Å²) in [5.74, 6) is 0.808. The normalized spacial score (nSPS) is 17.0. The predicted octanol–water partition coefficient (Wildman–Crippen LogP) is 4.98. The number of nitrogens with one attached hydrogen (secondary N) is 1. The van der Waals surface area contributed by atoms with Gasteiger partial charge in [-0.05, 0) is 51.0 Å². The molecule has 1 saturated heterocycles. The Morgan fingerprint density at radius 2 is 1.75 bits per heavy atom. The first-order valence-corrected chi connectivity index (χ1v) is 12.3. The number of carbonyl (C=O) groups is 1. The summed E-state index contributed by atoms with van der Waals surface area (Å²) >= 11 is -1.12. The van der Waals surface area contributed by atoms with E-state index in [-0.39, 0.29) is 23.0 Å². The number of likely N-dealkylation sites (tertiary alicyclic amines) is 1. The number of hydrogen-bond acceptors (Lipinski definition) is 5. The highest BCUT2D eigenvalue weighted by Gasteiger charge is 2.28. The standard InChI is InChI=1S/C25H34N2O4S/c1-19(26-32(29)25(2,3)4)21-10-12-22(13-11-21)31-23-14-16-27(17-15-23)24(28)30-18-20-8-6-5-7-9-20/h5-13,19,23,26H,14-18H2,1-4H3/t19-,32?/m0/s1. The van der Waals surface area contributed by atoms with Gasteiger partial charge < -0.3 is 18.9 Å². The number of hydrogen-bond donors (Lipinski definition) is 1. The number of benzene rings is 2. The molecule has 1 fully saturated rings. The summed E-state index contributed by atoms with van der Waals surface area (Å²) in [5, 5.41) is 0. The molecule has 7 heteroatoms. The molecule has 1 heterocycles. The highest BCUT2D eigenvalue weighted by Crippen LogP contribution is 2.24. The molecule has 2 aromatic rings. The summed E-state index contributed by atoms with van der Waals surface area (Å²) in [7, 11) is 0. The van der Waals surface area contributed by atoms with Gasteiger partial charge in [-0.3, -0.25) is 0 Å². The van der Waals surface area contributed by atoms with Crippen molar-refractivity contribution in [3.8, 4) is 5.75 Å². The second-order valence-corrected chi connectivity index (χ2v) is 11.1. The van der Waals surface area contributed by atoms with Crippen molar-refractivity contribution in [2.75, 3.05) is 13.1 Å². The van der Waals surface area contributed by atoms with E-state index >= 15 is 0 Å². The van der Waals surface area contributed by atoms with Crippen LogP contribution < -0.4 is 9.46 Å².